The molecule has 7 heteroatoms. The number of carbonyl (C=O) groups is 1. The van der Waals surface area contributed by atoms with Crippen LogP contribution in [0, 0.1) is 0 Å². The number of ether oxygens (including phenoxy) is 2. The third kappa shape index (κ3) is 3.87. The molecule has 0 saturated heterocycles. The number of aliphatic hydroxyl groups excluding tert-OH is 1. The van der Waals surface area contributed by atoms with Crippen LogP contribution in [0.25, 0.3) is 10.4 Å². The minimum Gasteiger partial charge on any atom is -0.497 e. The summed E-state index contributed by atoms with van der Waals surface area (Å²) in [5.74, 6) is -0.204. The summed E-state index contributed by atoms with van der Waals surface area (Å²) < 4.78 is 9.70. The van der Waals surface area contributed by atoms with E-state index in [1.165, 1.54) is 7.11 Å². The summed E-state index contributed by atoms with van der Waals surface area (Å²) >= 11 is 0. The van der Waals surface area contributed by atoms with Crippen LogP contribution in [0.5, 0.6) is 5.75 Å². The first kappa shape index (κ1) is 14.8. The number of methoxy groups -OCH3 is 1. The molecule has 0 aliphatic heterocycles. The smallest absolute Gasteiger partial charge is 0.335 e. The molecule has 0 bridgehead atoms. The molecule has 0 heterocycles. The van der Waals surface area contributed by atoms with Crippen LogP contribution in [-0.4, -0.2) is 30.9 Å². The van der Waals surface area contributed by atoms with Crippen molar-refractivity contribution in [3.05, 3.63) is 40.3 Å². The van der Waals surface area contributed by atoms with Gasteiger partial charge in [-0.2, -0.15) is 0 Å². The molecule has 0 amide bonds. The predicted molar refractivity (Wildman–Crippen MR) is 67.5 cm³/mol. The molecule has 0 saturated carbocycles. The van der Waals surface area contributed by atoms with Crippen molar-refractivity contribution in [2.75, 3.05) is 13.7 Å². The summed E-state index contributed by atoms with van der Waals surface area (Å²) in [6.45, 7) is 1.77. The third-order valence-corrected chi connectivity index (χ3v) is 2.46. The van der Waals surface area contributed by atoms with E-state index in [1.54, 1.807) is 31.2 Å². The van der Waals surface area contributed by atoms with Crippen LogP contribution in [0.1, 0.15) is 18.5 Å². The molecule has 19 heavy (non-hydrogen) atoms. The molecule has 1 N–H and O–H groups in total. The highest BCUT2D eigenvalue weighted by Crippen LogP contribution is 2.24. The van der Waals surface area contributed by atoms with Gasteiger partial charge in [0.25, 0.3) is 0 Å². The number of hydrogen-bond donors (Lipinski definition) is 1. The zero-order chi connectivity index (χ0) is 14.3. The van der Waals surface area contributed by atoms with E-state index in [0.29, 0.717) is 11.3 Å². The fraction of sp³-hybridized carbons (Fsp3) is 0.417. The monoisotopic (exact) mass is 265 g/mol. The van der Waals surface area contributed by atoms with Gasteiger partial charge in [0.1, 0.15) is 5.75 Å². The van der Waals surface area contributed by atoms with Gasteiger partial charge in [-0.05, 0) is 30.2 Å². The SMILES string of the molecule is CCOC(=O)[C@H](O)[C@@H](N=[N+]=[N-])c1ccc(OC)cc1. The first-order valence-electron chi connectivity index (χ1n) is 5.66. The molecule has 1 rings (SSSR count). The molecule has 7 nitrogen and oxygen atoms in total. The largest absolute Gasteiger partial charge is 0.497 e. The summed E-state index contributed by atoms with van der Waals surface area (Å²) in [5, 5.41) is 13.3. The van der Waals surface area contributed by atoms with Crippen LogP contribution in [-0.2, 0) is 9.53 Å². The Morgan fingerprint density at radius 3 is 2.58 bits per heavy atom. The molecule has 0 aliphatic carbocycles. The van der Waals surface area contributed by atoms with Crippen molar-refractivity contribution in [1.29, 1.82) is 0 Å². The fourth-order valence-corrected chi connectivity index (χ4v) is 1.53. The van der Waals surface area contributed by atoms with Gasteiger partial charge in [-0.25, -0.2) is 4.79 Å². The van der Waals surface area contributed by atoms with Crippen LogP contribution in [0.2, 0.25) is 0 Å². The van der Waals surface area contributed by atoms with Crippen LogP contribution in [0.3, 0.4) is 0 Å². The van der Waals surface area contributed by atoms with Gasteiger partial charge in [-0.1, -0.05) is 17.2 Å². The molecule has 2 atom stereocenters. The van der Waals surface area contributed by atoms with Gasteiger partial charge < -0.3 is 14.6 Å². The molecule has 1 aromatic carbocycles. The lowest BCUT2D eigenvalue weighted by atomic mass is 10.0. The number of nitrogens with zero attached hydrogens (tertiary/aromatic N) is 3. The maximum absolute atomic E-state index is 11.5. The van der Waals surface area contributed by atoms with E-state index in [0.717, 1.165) is 0 Å². The molecule has 0 spiro atoms. The summed E-state index contributed by atoms with van der Waals surface area (Å²) in [7, 11) is 1.52. The first-order chi connectivity index (χ1) is 9.13. The van der Waals surface area contributed by atoms with E-state index in [1.807, 2.05) is 0 Å². The Kier molecular flexibility index (Phi) is 5.66. The first-order valence-corrected chi connectivity index (χ1v) is 5.66. The molecule has 0 aliphatic rings. The lowest BCUT2D eigenvalue weighted by molar-refractivity contribution is -0.154. The van der Waals surface area contributed by atoms with E-state index in [-0.39, 0.29) is 6.61 Å². The molecule has 0 unspecified atom stereocenters. The Balaban J connectivity index is 2.98. The van der Waals surface area contributed by atoms with Crippen LogP contribution in [0.15, 0.2) is 29.4 Å². The maximum atomic E-state index is 11.5. The molecule has 1 aromatic rings. The molecule has 102 valence electrons. The van der Waals surface area contributed by atoms with Gasteiger partial charge in [0.2, 0.25) is 0 Å². The number of carbonyl (C=O) groups excluding carboxylic acids is 1. The Bertz CT molecular complexity index is 468. The second-order valence-corrected chi connectivity index (χ2v) is 3.62. The van der Waals surface area contributed by atoms with Gasteiger partial charge in [0.15, 0.2) is 6.10 Å². The van der Waals surface area contributed by atoms with Gasteiger partial charge in [0, 0.05) is 4.91 Å². The van der Waals surface area contributed by atoms with Crippen LogP contribution in [0.4, 0.5) is 0 Å². The van der Waals surface area contributed by atoms with E-state index in [2.05, 4.69) is 10.0 Å². The Morgan fingerprint density at radius 2 is 2.11 bits per heavy atom. The second kappa shape index (κ2) is 7.25. The summed E-state index contributed by atoms with van der Waals surface area (Å²) in [5.41, 5.74) is 9.03. The lowest BCUT2D eigenvalue weighted by Gasteiger charge is -2.17. The molecule has 0 fully saturated rings. The average Bonchev–Trinajstić information content (AvgIpc) is 2.44. The van der Waals surface area contributed by atoms with Crippen molar-refractivity contribution in [2.24, 2.45) is 5.11 Å². The average molecular weight is 265 g/mol. The Labute approximate surface area is 110 Å². The molecular formula is C12H15N3O4. The zero-order valence-corrected chi connectivity index (χ0v) is 10.7. The van der Waals surface area contributed by atoms with Crippen LogP contribution < -0.4 is 4.74 Å². The topological polar surface area (TPSA) is 105 Å². The number of hydrogen-bond acceptors (Lipinski definition) is 5. The highest BCUT2D eigenvalue weighted by molar-refractivity contribution is 5.75. The predicted octanol–water partition coefficient (Wildman–Crippen LogP) is 1.97. The van der Waals surface area contributed by atoms with Crippen molar-refractivity contribution in [2.45, 2.75) is 19.1 Å². The molecular weight excluding hydrogens is 250 g/mol. The van der Waals surface area contributed by atoms with Gasteiger partial charge >= 0.3 is 5.97 Å². The van der Waals surface area contributed by atoms with E-state index in [4.69, 9.17) is 15.0 Å². The van der Waals surface area contributed by atoms with Crippen LogP contribution >= 0.6 is 0 Å². The molecule has 0 aromatic heterocycles. The standard InChI is InChI=1S/C12H15N3O4/c1-3-19-12(17)11(16)10(14-15-13)8-4-6-9(18-2)7-5-8/h4-7,10-11,16H,3H2,1-2H3/t10-,11+/m0/s1. The minimum absolute atomic E-state index is 0.140. The number of esters is 1. The van der Waals surface area contributed by atoms with Crippen molar-refractivity contribution in [3.8, 4) is 5.75 Å². The van der Waals surface area contributed by atoms with Crippen molar-refractivity contribution >= 4 is 5.97 Å². The van der Waals surface area contributed by atoms with E-state index in [9.17, 15) is 9.90 Å². The Hall–Kier alpha value is -2.24. The van der Waals surface area contributed by atoms with Crippen molar-refractivity contribution in [3.63, 3.8) is 0 Å². The number of benzene rings is 1. The Morgan fingerprint density at radius 1 is 1.47 bits per heavy atom. The van der Waals surface area contributed by atoms with Gasteiger partial charge in [-0.15, -0.1) is 0 Å². The summed E-state index contributed by atoms with van der Waals surface area (Å²) in [4.78, 5) is 14.1. The molecule has 0 radical (unpaired) electrons. The lowest BCUT2D eigenvalue weighted by Crippen LogP contribution is -2.28. The minimum atomic E-state index is -1.54. The summed E-state index contributed by atoms with van der Waals surface area (Å²) in [6.07, 6.45) is -1.54. The number of rotatable bonds is 6. The van der Waals surface area contributed by atoms with E-state index >= 15 is 0 Å². The van der Waals surface area contributed by atoms with E-state index < -0.39 is 18.1 Å². The van der Waals surface area contributed by atoms with Gasteiger partial charge in [0.05, 0.1) is 19.8 Å². The zero-order valence-electron chi connectivity index (χ0n) is 10.7. The fourth-order valence-electron chi connectivity index (χ4n) is 1.53. The third-order valence-electron chi connectivity index (χ3n) is 2.46. The highest BCUT2D eigenvalue weighted by Gasteiger charge is 2.27. The highest BCUT2D eigenvalue weighted by atomic mass is 16.5. The van der Waals surface area contributed by atoms with Crippen molar-refractivity contribution in [1.82, 2.24) is 0 Å². The number of azide groups is 1. The van der Waals surface area contributed by atoms with Gasteiger partial charge in [-0.3, -0.25) is 0 Å². The number of aliphatic hydroxyl groups is 1. The maximum Gasteiger partial charge on any atom is 0.335 e. The summed E-state index contributed by atoms with van der Waals surface area (Å²) in [6, 6.07) is 5.48. The quantitative estimate of drug-likeness (QED) is 0.367. The normalized spacial score (nSPS) is 13.0. The van der Waals surface area contributed by atoms with Crippen molar-refractivity contribution < 1.29 is 19.4 Å². The second-order valence-electron chi connectivity index (χ2n) is 3.62.